The minimum atomic E-state index is -0.777. The van der Waals surface area contributed by atoms with Gasteiger partial charge in [0.05, 0.1) is 6.42 Å². The highest BCUT2D eigenvalue weighted by molar-refractivity contribution is 5.67. The molecule has 0 aromatic carbocycles. The number of nitrogens with two attached hydrogens (primary N) is 1. The maximum absolute atomic E-state index is 10.6. The number of carbonyl (C=O) groups is 1. The van der Waals surface area contributed by atoms with Gasteiger partial charge in [0.1, 0.15) is 0 Å². The molecule has 1 aliphatic rings. The highest BCUT2D eigenvalue weighted by atomic mass is 16.4. The number of aliphatic carboxylic acids is 1. The van der Waals surface area contributed by atoms with E-state index < -0.39 is 5.97 Å². The molecule has 3 N–H and O–H groups in total. The molecule has 1 fully saturated rings. The van der Waals surface area contributed by atoms with Crippen molar-refractivity contribution in [3.05, 3.63) is 0 Å². The number of carboxylic acids is 1. The summed E-state index contributed by atoms with van der Waals surface area (Å²) in [6.45, 7) is 4.38. The molecule has 16 heavy (non-hydrogen) atoms. The first-order valence-corrected chi connectivity index (χ1v) is 6.50. The predicted octanol–water partition coefficient (Wildman–Crippen LogP) is 2.64. The monoisotopic (exact) mass is 227 g/mol. The smallest absolute Gasteiger partial charge is 0.304 e. The van der Waals surface area contributed by atoms with E-state index in [0.29, 0.717) is 11.8 Å². The van der Waals surface area contributed by atoms with Gasteiger partial charge in [-0.3, -0.25) is 4.79 Å². The van der Waals surface area contributed by atoms with Crippen LogP contribution in [0.4, 0.5) is 0 Å². The fourth-order valence-corrected chi connectivity index (χ4v) is 2.55. The van der Waals surface area contributed by atoms with Crippen molar-refractivity contribution in [2.75, 3.05) is 0 Å². The van der Waals surface area contributed by atoms with E-state index in [-0.39, 0.29) is 12.5 Å². The van der Waals surface area contributed by atoms with E-state index in [2.05, 4.69) is 13.8 Å². The highest BCUT2D eigenvalue weighted by Crippen LogP contribution is 2.37. The van der Waals surface area contributed by atoms with Gasteiger partial charge in [-0.15, -0.1) is 0 Å². The van der Waals surface area contributed by atoms with Crippen LogP contribution in [0.1, 0.15) is 52.4 Å². The minimum Gasteiger partial charge on any atom is -0.481 e. The Morgan fingerprint density at radius 1 is 1.50 bits per heavy atom. The number of rotatable bonds is 8. The molecule has 0 spiro atoms. The zero-order valence-corrected chi connectivity index (χ0v) is 10.5. The Morgan fingerprint density at radius 3 is 2.56 bits per heavy atom. The van der Waals surface area contributed by atoms with Crippen molar-refractivity contribution in [3.63, 3.8) is 0 Å². The van der Waals surface area contributed by atoms with Crippen LogP contribution in [0.5, 0.6) is 0 Å². The summed E-state index contributed by atoms with van der Waals surface area (Å²) in [6.07, 6.45) is 6.26. The van der Waals surface area contributed by atoms with Gasteiger partial charge in [-0.05, 0) is 30.6 Å². The number of carboxylic acid groups (broad SMARTS) is 1. The molecule has 0 aromatic rings. The molecular weight excluding hydrogens is 202 g/mol. The van der Waals surface area contributed by atoms with E-state index >= 15 is 0 Å². The van der Waals surface area contributed by atoms with Crippen LogP contribution in [0.25, 0.3) is 0 Å². The largest absolute Gasteiger partial charge is 0.481 e. The predicted molar refractivity (Wildman–Crippen MR) is 65.1 cm³/mol. The van der Waals surface area contributed by atoms with Crippen molar-refractivity contribution >= 4 is 5.97 Å². The molecule has 0 radical (unpaired) electrons. The van der Waals surface area contributed by atoms with Gasteiger partial charge in [-0.2, -0.15) is 0 Å². The SMILES string of the molecule is CCC(CC(C)CC1CC1)C(N)CC(=O)O. The van der Waals surface area contributed by atoms with Gasteiger partial charge in [0.25, 0.3) is 0 Å². The van der Waals surface area contributed by atoms with E-state index in [0.717, 1.165) is 18.8 Å². The van der Waals surface area contributed by atoms with Crippen molar-refractivity contribution in [3.8, 4) is 0 Å². The molecular formula is C13H25NO2. The van der Waals surface area contributed by atoms with E-state index in [9.17, 15) is 4.79 Å². The topological polar surface area (TPSA) is 63.3 Å². The van der Waals surface area contributed by atoms with Gasteiger partial charge in [-0.1, -0.05) is 33.1 Å². The van der Waals surface area contributed by atoms with Gasteiger partial charge < -0.3 is 10.8 Å². The lowest BCUT2D eigenvalue weighted by atomic mass is 9.84. The Kier molecular flexibility index (Phi) is 5.26. The molecule has 1 rings (SSSR count). The van der Waals surface area contributed by atoms with E-state index in [1.54, 1.807) is 0 Å². The van der Waals surface area contributed by atoms with Crippen LogP contribution >= 0.6 is 0 Å². The average Bonchev–Trinajstić information content (AvgIpc) is 2.96. The molecule has 3 atom stereocenters. The lowest BCUT2D eigenvalue weighted by molar-refractivity contribution is -0.137. The molecule has 0 bridgehead atoms. The molecule has 3 heteroatoms. The molecule has 1 saturated carbocycles. The second-order valence-corrected chi connectivity index (χ2v) is 5.45. The maximum atomic E-state index is 10.6. The van der Waals surface area contributed by atoms with Crippen molar-refractivity contribution in [2.24, 2.45) is 23.5 Å². The van der Waals surface area contributed by atoms with Crippen LogP contribution in [0.2, 0.25) is 0 Å². The second-order valence-electron chi connectivity index (χ2n) is 5.45. The first kappa shape index (κ1) is 13.5. The Hall–Kier alpha value is -0.570. The van der Waals surface area contributed by atoms with Crippen molar-refractivity contribution in [1.82, 2.24) is 0 Å². The van der Waals surface area contributed by atoms with Gasteiger partial charge in [0.2, 0.25) is 0 Å². The summed E-state index contributed by atoms with van der Waals surface area (Å²) in [4.78, 5) is 10.6. The van der Waals surface area contributed by atoms with Gasteiger partial charge in [0, 0.05) is 6.04 Å². The van der Waals surface area contributed by atoms with Gasteiger partial charge >= 0.3 is 5.97 Å². The van der Waals surface area contributed by atoms with E-state index in [1.165, 1.54) is 19.3 Å². The molecule has 0 aliphatic heterocycles. The van der Waals surface area contributed by atoms with Crippen LogP contribution in [0.3, 0.4) is 0 Å². The van der Waals surface area contributed by atoms with Gasteiger partial charge in [0.15, 0.2) is 0 Å². The zero-order valence-electron chi connectivity index (χ0n) is 10.5. The summed E-state index contributed by atoms with van der Waals surface area (Å²) in [7, 11) is 0. The number of hydrogen-bond donors (Lipinski definition) is 2. The third-order valence-corrected chi connectivity index (χ3v) is 3.68. The van der Waals surface area contributed by atoms with Crippen molar-refractivity contribution in [2.45, 2.75) is 58.4 Å². The number of hydrogen-bond acceptors (Lipinski definition) is 2. The molecule has 0 saturated heterocycles. The quantitative estimate of drug-likeness (QED) is 0.670. The average molecular weight is 227 g/mol. The molecule has 1 aliphatic carbocycles. The molecule has 94 valence electrons. The lowest BCUT2D eigenvalue weighted by Crippen LogP contribution is -2.33. The van der Waals surface area contributed by atoms with Crippen LogP contribution < -0.4 is 5.73 Å². The summed E-state index contributed by atoms with van der Waals surface area (Å²) in [5.74, 6) is 1.23. The van der Waals surface area contributed by atoms with Crippen LogP contribution in [0, 0.1) is 17.8 Å². The summed E-state index contributed by atoms with van der Waals surface area (Å²) in [5, 5.41) is 8.74. The van der Waals surface area contributed by atoms with Crippen LogP contribution in [-0.2, 0) is 4.79 Å². The fourth-order valence-electron chi connectivity index (χ4n) is 2.55. The zero-order chi connectivity index (χ0) is 12.1. The van der Waals surface area contributed by atoms with E-state index in [1.807, 2.05) is 0 Å². The normalized spacial score (nSPS) is 21.4. The molecule has 0 heterocycles. The third kappa shape index (κ3) is 4.97. The Balaban J connectivity index is 2.30. The summed E-state index contributed by atoms with van der Waals surface area (Å²) < 4.78 is 0. The molecule has 3 nitrogen and oxygen atoms in total. The highest BCUT2D eigenvalue weighted by Gasteiger charge is 2.26. The van der Waals surface area contributed by atoms with Crippen LogP contribution in [-0.4, -0.2) is 17.1 Å². The van der Waals surface area contributed by atoms with Crippen LogP contribution in [0.15, 0.2) is 0 Å². The standard InChI is InChI=1S/C13H25NO2/c1-3-11(12(14)8-13(15)16)7-9(2)6-10-4-5-10/h9-12H,3-8,14H2,1-2H3,(H,15,16). The Morgan fingerprint density at radius 2 is 2.12 bits per heavy atom. The Bertz CT molecular complexity index is 226. The Labute approximate surface area is 98.4 Å². The maximum Gasteiger partial charge on any atom is 0.304 e. The lowest BCUT2D eigenvalue weighted by Gasteiger charge is -2.24. The molecule has 0 aromatic heterocycles. The summed E-state index contributed by atoms with van der Waals surface area (Å²) >= 11 is 0. The van der Waals surface area contributed by atoms with Crippen molar-refractivity contribution < 1.29 is 9.90 Å². The third-order valence-electron chi connectivity index (χ3n) is 3.68. The van der Waals surface area contributed by atoms with Crippen molar-refractivity contribution in [1.29, 1.82) is 0 Å². The summed E-state index contributed by atoms with van der Waals surface area (Å²) in [5.41, 5.74) is 5.94. The molecule has 0 amide bonds. The minimum absolute atomic E-state index is 0.106. The summed E-state index contributed by atoms with van der Waals surface area (Å²) in [6, 6.07) is -0.177. The second kappa shape index (κ2) is 6.24. The fraction of sp³-hybridized carbons (Fsp3) is 0.923. The molecule has 3 unspecified atom stereocenters. The first-order valence-electron chi connectivity index (χ1n) is 6.50. The van der Waals surface area contributed by atoms with E-state index in [4.69, 9.17) is 10.8 Å². The first-order chi connectivity index (χ1) is 7.52. The van der Waals surface area contributed by atoms with Gasteiger partial charge in [-0.25, -0.2) is 0 Å².